The molecule has 1 aliphatic rings. The van der Waals surface area contributed by atoms with Crippen molar-refractivity contribution in [3.8, 4) is 11.5 Å². The second-order valence-corrected chi connectivity index (χ2v) is 6.84. The van der Waals surface area contributed by atoms with Gasteiger partial charge < -0.3 is 14.4 Å². The Hall–Kier alpha value is -2.75. The van der Waals surface area contributed by atoms with Gasteiger partial charge in [0.25, 0.3) is 0 Å². The van der Waals surface area contributed by atoms with E-state index in [9.17, 15) is 4.79 Å². The summed E-state index contributed by atoms with van der Waals surface area (Å²) in [6.07, 6.45) is 6.90. The van der Waals surface area contributed by atoms with Crippen molar-refractivity contribution in [2.24, 2.45) is 0 Å². The summed E-state index contributed by atoms with van der Waals surface area (Å²) in [5, 5.41) is 0. The Balaban J connectivity index is 1.65. The lowest BCUT2D eigenvalue weighted by Gasteiger charge is -2.25. The molecule has 4 nitrogen and oxygen atoms in total. The smallest absolute Gasteiger partial charge is 0.246 e. The zero-order valence-corrected chi connectivity index (χ0v) is 16.1. The van der Waals surface area contributed by atoms with Gasteiger partial charge in [-0.25, -0.2) is 0 Å². The lowest BCUT2D eigenvalue weighted by Crippen LogP contribution is -2.34. The van der Waals surface area contributed by atoms with Crippen LogP contribution in [0.4, 0.5) is 0 Å². The quantitative estimate of drug-likeness (QED) is 0.702. The van der Waals surface area contributed by atoms with Gasteiger partial charge in [-0.3, -0.25) is 4.79 Å². The fourth-order valence-electron chi connectivity index (χ4n) is 3.22. The van der Waals surface area contributed by atoms with E-state index in [0.717, 1.165) is 37.1 Å². The van der Waals surface area contributed by atoms with Crippen molar-refractivity contribution in [2.45, 2.75) is 32.8 Å². The standard InChI is InChI=1S/C23H27NO3/c1-18-8-4-5-9-20(18)17-27-21-12-10-19(16-22(21)26-2)11-13-23(25)24-14-6-3-7-15-24/h4-5,8-13,16H,3,6-7,14-15,17H2,1-2H3/b13-11+. The van der Waals surface area contributed by atoms with E-state index in [2.05, 4.69) is 19.1 Å². The van der Waals surface area contributed by atoms with Crippen LogP contribution in [-0.2, 0) is 11.4 Å². The van der Waals surface area contributed by atoms with Crippen molar-refractivity contribution in [2.75, 3.05) is 20.2 Å². The van der Waals surface area contributed by atoms with Crippen molar-refractivity contribution >= 4 is 12.0 Å². The lowest BCUT2D eigenvalue weighted by atomic mass is 10.1. The number of likely N-dealkylation sites (tertiary alicyclic amines) is 1. The number of carbonyl (C=O) groups is 1. The number of carbonyl (C=O) groups excluding carboxylic acids is 1. The van der Waals surface area contributed by atoms with Crippen LogP contribution in [0.1, 0.15) is 36.0 Å². The highest BCUT2D eigenvalue weighted by Crippen LogP contribution is 2.29. The topological polar surface area (TPSA) is 38.8 Å². The van der Waals surface area contributed by atoms with E-state index >= 15 is 0 Å². The molecule has 0 bridgehead atoms. The van der Waals surface area contributed by atoms with E-state index in [0.29, 0.717) is 18.1 Å². The maximum absolute atomic E-state index is 12.3. The van der Waals surface area contributed by atoms with Crippen molar-refractivity contribution in [3.63, 3.8) is 0 Å². The Kier molecular flexibility index (Phi) is 6.53. The van der Waals surface area contributed by atoms with Gasteiger partial charge in [0, 0.05) is 19.2 Å². The lowest BCUT2D eigenvalue weighted by molar-refractivity contribution is -0.126. The molecule has 27 heavy (non-hydrogen) atoms. The summed E-state index contributed by atoms with van der Waals surface area (Å²) in [5.41, 5.74) is 3.27. The van der Waals surface area contributed by atoms with Crippen LogP contribution in [0.3, 0.4) is 0 Å². The predicted molar refractivity (Wildman–Crippen MR) is 108 cm³/mol. The van der Waals surface area contributed by atoms with E-state index in [1.54, 1.807) is 13.2 Å². The van der Waals surface area contributed by atoms with Crippen LogP contribution in [0.25, 0.3) is 6.08 Å². The molecule has 1 saturated heterocycles. The Labute approximate surface area is 161 Å². The average Bonchev–Trinajstić information content (AvgIpc) is 2.72. The van der Waals surface area contributed by atoms with Crippen LogP contribution in [0.15, 0.2) is 48.5 Å². The summed E-state index contributed by atoms with van der Waals surface area (Å²) in [7, 11) is 1.63. The van der Waals surface area contributed by atoms with Gasteiger partial charge >= 0.3 is 0 Å². The molecule has 2 aromatic carbocycles. The molecule has 0 aromatic heterocycles. The maximum atomic E-state index is 12.3. The van der Waals surface area contributed by atoms with E-state index < -0.39 is 0 Å². The molecule has 1 fully saturated rings. The minimum Gasteiger partial charge on any atom is -0.493 e. The number of hydrogen-bond acceptors (Lipinski definition) is 3. The van der Waals surface area contributed by atoms with E-state index in [1.165, 1.54) is 12.0 Å². The van der Waals surface area contributed by atoms with Crippen molar-refractivity contribution in [1.29, 1.82) is 0 Å². The summed E-state index contributed by atoms with van der Waals surface area (Å²) in [4.78, 5) is 14.2. The Morgan fingerprint density at radius 2 is 1.85 bits per heavy atom. The molecule has 0 radical (unpaired) electrons. The first-order valence-corrected chi connectivity index (χ1v) is 9.49. The van der Waals surface area contributed by atoms with Gasteiger partial charge in [0.1, 0.15) is 6.61 Å². The molecule has 1 amide bonds. The zero-order valence-electron chi connectivity index (χ0n) is 16.1. The number of amides is 1. The maximum Gasteiger partial charge on any atom is 0.246 e. The third kappa shape index (κ3) is 5.13. The first-order valence-electron chi connectivity index (χ1n) is 9.49. The van der Waals surface area contributed by atoms with Gasteiger partial charge in [-0.05, 0) is 61.1 Å². The normalized spacial score (nSPS) is 14.4. The summed E-state index contributed by atoms with van der Waals surface area (Å²) >= 11 is 0. The summed E-state index contributed by atoms with van der Waals surface area (Å²) in [5.74, 6) is 1.44. The van der Waals surface area contributed by atoms with Gasteiger partial charge in [0.2, 0.25) is 5.91 Å². The van der Waals surface area contributed by atoms with Crippen LogP contribution in [0.2, 0.25) is 0 Å². The molecular formula is C23H27NO3. The molecule has 0 N–H and O–H groups in total. The van der Waals surface area contributed by atoms with Crippen LogP contribution in [0, 0.1) is 6.92 Å². The molecular weight excluding hydrogens is 338 g/mol. The SMILES string of the molecule is COc1cc(/C=C/C(=O)N2CCCCC2)ccc1OCc1ccccc1C. The highest BCUT2D eigenvalue weighted by molar-refractivity contribution is 5.91. The fourth-order valence-corrected chi connectivity index (χ4v) is 3.22. The molecule has 4 heteroatoms. The molecule has 0 unspecified atom stereocenters. The summed E-state index contributed by atoms with van der Waals surface area (Å²) < 4.78 is 11.4. The monoisotopic (exact) mass is 365 g/mol. The molecule has 0 spiro atoms. The number of nitrogens with zero attached hydrogens (tertiary/aromatic N) is 1. The minimum absolute atomic E-state index is 0.0774. The number of piperidine rings is 1. The second-order valence-electron chi connectivity index (χ2n) is 6.84. The molecule has 1 heterocycles. The van der Waals surface area contributed by atoms with Crippen molar-refractivity contribution < 1.29 is 14.3 Å². The van der Waals surface area contributed by atoms with Gasteiger partial charge in [0.15, 0.2) is 11.5 Å². The second kappa shape index (κ2) is 9.26. The van der Waals surface area contributed by atoms with Gasteiger partial charge in [-0.1, -0.05) is 30.3 Å². The van der Waals surface area contributed by atoms with Crippen LogP contribution < -0.4 is 9.47 Å². The molecule has 0 atom stereocenters. The Morgan fingerprint density at radius 1 is 1.07 bits per heavy atom. The van der Waals surface area contributed by atoms with Crippen LogP contribution in [0.5, 0.6) is 11.5 Å². The van der Waals surface area contributed by atoms with E-state index in [1.807, 2.05) is 41.3 Å². The number of hydrogen-bond donors (Lipinski definition) is 0. The predicted octanol–water partition coefficient (Wildman–Crippen LogP) is 4.61. The third-order valence-corrected chi connectivity index (χ3v) is 4.92. The molecule has 0 aliphatic carbocycles. The van der Waals surface area contributed by atoms with Crippen molar-refractivity contribution in [1.82, 2.24) is 4.90 Å². The first kappa shape index (κ1) is 19.0. The minimum atomic E-state index is 0.0774. The molecule has 142 valence electrons. The zero-order chi connectivity index (χ0) is 19.1. The highest BCUT2D eigenvalue weighted by Gasteiger charge is 2.13. The fraction of sp³-hybridized carbons (Fsp3) is 0.348. The number of aryl methyl sites for hydroxylation is 1. The summed E-state index contributed by atoms with van der Waals surface area (Å²) in [6.45, 7) is 4.28. The van der Waals surface area contributed by atoms with Gasteiger partial charge in [-0.2, -0.15) is 0 Å². The highest BCUT2D eigenvalue weighted by atomic mass is 16.5. The Morgan fingerprint density at radius 3 is 2.59 bits per heavy atom. The number of rotatable bonds is 6. The number of methoxy groups -OCH3 is 1. The number of ether oxygens (including phenoxy) is 2. The van der Waals surface area contributed by atoms with E-state index in [-0.39, 0.29) is 5.91 Å². The third-order valence-electron chi connectivity index (χ3n) is 4.92. The van der Waals surface area contributed by atoms with Crippen LogP contribution >= 0.6 is 0 Å². The molecule has 0 saturated carbocycles. The average molecular weight is 365 g/mol. The molecule has 1 aliphatic heterocycles. The molecule has 3 rings (SSSR count). The summed E-state index contributed by atoms with van der Waals surface area (Å²) in [6, 6.07) is 13.9. The first-order chi connectivity index (χ1) is 13.2. The van der Waals surface area contributed by atoms with E-state index in [4.69, 9.17) is 9.47 Å². The van der Waals surface area contributed by atoms with Gasteiger partial charge in [-0.15, -0.1) is 0 Å². The molecule has 2 aromatic rings. The van der Waals surface area contributed by atoms with Gasteiger partial charge in [0.05, 0.1) is 7.11 Å². The number of benzene rings is 2. The van der Waals surface area contributed by atoms with Crippen LogP contribution in [-0.4, -0.2) is 31.0 Å². The Bertz CT molecular complexity index is 807. The largest absolute Gasteiger partial charge is 0.493 e. The van der Waals surface area contributed by atoms with Crippen molar-refractivity contribution in [3.05, 3.63) is 65.2 Å².